The van der Waals surface area contributed by atoms with Crippen LogP contribution in [0.15, 0.2) is 35.5 Å². The van der Waals surface area contributed by atoms with Crippen LogP contribution in [0.3, 0.4) is 0 Å². The first-order valence-electron chi connectivity index (χ1n) is 6.27. The number of likely N-dealkylation sites (N-methyl/N-ethyl adjacent to an activating group) is 1. The fraction of sp³-hybridized carbons (Fsp3) is 0.462. The van der Waals surface area contributed by atoms with Gasteiger partial charge in [0.25, 0.3) is 0 Å². The number of benzene rings is 1. The standard InChI is InChI=1S/C13H21N3O3S/c1-10(12-7-5-4-6-8-12)9-20(18,19)16(3)11(2)13(14)15-17/h4-8,10-11,17H,9H2,1-3H3,(H2,14,15). The lowest BCUT2D eigenvalue weighted by Gasteiger charge is -2.24. The molecule has 0 bridgehead atoms. The first kappa shape index (κ1) is 16.5. The van der Waals surface area contributed by atoms with Crippen LogP contribution in [-0.2, 0) is 10.0 Å². The summed E-state index contributed by atoms with van der Waals surface area (Å²) in [5, 5.41) is 11.5. The van der Waals surface area contributed by atoms with E-state index in [1.165, 1.54) is 7.05 Å². The smallest absolute Gasteiger partial charge is 0.215 e. The zero-order valence-electron chi connectivity index (χ0n) is 11.9. The van der Waals surface area contributed by atoms with Crippen molar-refractivity contribution >= 4 is 15.9 Å². The van der Waals surface area contributed by atoms with Gasteiger partial charge in [0.2, 0.25) is 10.0 Å². The Hall–Kier alpha value is -1.60. The molecule has 0 amide bonds. The monoisotopic (exact) mass is 299 g/mol. The van der Waals surface area contributed by atoms with E-state index in [0.29, 0.717) is 0 Å². The van der Waals surface area contributed by atoms with Crippen molar-refractivity contribution in [2.75, 3.05) is 12.8 Å². The predicted molar refractivity (Wildman–Crippen MR) is 79.3 cm³/mol. The Balaban J connectivity index is 2.85. The van der Waals surface area contributed by atoms with E-state index >= 15 is 0 Å². The van der Waals surface area contributed by atoms with Crippen LogP contribution >= 0.6 is 0 Å². The Morgan fingerprint density at radius 3 is 2.40 bits per heavy atom. The molecule has 2 unspecified atom stereocenters. The van der Waals surface area contributed by atoms with Gasteiger partial charge in [-0.2, -0.15) is 4.31 Å². The van der Waals surface area contributed by atoms with Crippen LogP contribution in [0.2, 0.25) is 0 Å². The van der Waals surface area contributed by atoms with Crippen LogP contribution in [0.1, 0.15) is 25.3 Å². The molecule has 0 radical (unpaired) electrons. The normalized spacial score (nSPS) is 16.1. The van der Waals surface area contributed by atoms with Crippen molar-refractivity contribution in [2.24, 2.45) is 10.9 Å². The summed E-state index contributed by atoms with van der Waals surface area (Å²) in [6.07, 6.45) is 0. The Labute approximate surface area is 119 Å². The number of nitrogens with two attached hydrogens (primary N) is 1. The molecule has 0 saturated carbocycles. The number of sulfonamides is 1. The van der Waals surface area contributed by atoms with Crippen molar-refractivity contribution in [1.29, 1.82) is 0 Å². The summed E-state index contributed by atoms with van der Waals surface area (Å²) in [6, 6.07) is 8.74. The molecule has 0 spiro atoms. The summed E-state index contributed by atoms with van der Waals surface area (Å²) in [7, 11) is -2.07. The molecule has 7 heteroatoms. The molecule has 1 rings (SSSR count). The van der Waals surface area contributed by atoms with Gasteiger partial charge >= 0.3 is 0 Å². The predicted octanol–water partition coefficient (Wildman–Crippen LogP) is 1.19. The fourth-order valence-electron chi connectivity index (χ4n) is 1.82. The fourth-order valence-corrected chi connectivity index (χ4v) is 3.47. The molecule has 0 fully saturated rings. The molecule has 0 aromatic heterocycles. The molecule has 0 aliphatic heterocycles. The van der Waals surface area contributed by atoms with E-state index in [0.717, 1.165) is 9.87 Å². The minimum Gasteiger partial charge on any atom is -0.409 e. The zero-order valence-corrected chi connectivity index (χ0v) is 12.7. The van der Waals surface area contributed by atoms with Gasteiger partial charge in [-0.25, -0.2) is 8.42 Å². The van der Waals surface area contributed by atoms with E-state index in [2.05, 4.69) is 5.16 Å². The maximum absolute atomic E-state index is 12.3. The second-order valence-corrected chi connectivity index (χ2v) is 6.88. The number of hydrogen-bond donors (Lipinski definition) is 2. The summed E-state index contributed by atoms with van der Waals surface area (Å²) < 4.78 is 25.7. The molecule has 20 heavy (non-hydrogen) atoms. The summed E-state index contributed by atoms with van der Waals surface area (Å²) in [5.41, 5.74) is 6.41. The lowest BCUT2D eigenvalue weighted by Crippen LogP contribution is -2.45. The highest BCUT2D eigenvalue weighted by Gasteiger charge is 2.27. The number of oxime groups is 1. The molecule has 1 aromatic rings. The Morgan fingerprint density at radius 1 is 1.35 bits per heavy atom. The van der Waals surface area contributed by atoms with Gasteiger partial charge in [-0.3, -0.25) is 0 Å². The highest BCUT2D eigenvalue weighted by atomic mass is 32.2. The van der Waals surface area contributed by atoms with Crippen molar-refractivity contribution in [2.45, 2.75) is 25.8 Å². The van der Waals surface area contributed by atoms with Gasteiger partial charge in [-0.1, -0.05) is 42.4 Å². The second-order valence-electron chi connectivity index (χ2n) is 4.81. The van der Waals surface area contributed by atoms with Gasteiger partial charge in [-0.15, -0.1) is 0 Å². The third-order valence-electron chi connectivity index (χ3n) is 3.36. The van der Waals surface area contributed by atoms with Crippen molar-refractivity contribution in [1.82, 2.24) is 4.31 Å². The van der Waals surface area contributed by atoms with Gasteiger partial charge < -0.3 is 10.9 Å². The van der Waals surface area contributed by atoms with Gasteiger partial charge in [0, 0.05) is 7.05 Å². The van der Waals surface area contributed by atoms with Crippen LogP contribution in [0.5, 0.6) is 0 Å². The summed E-state index contributed by atoms with van der Waals surface area (Å²) >= 11 is 0. The zero-order chi connectivity index (χ0) is 15.3. The molecule has 6 nitrogen and oxygen atoms in total. The van der Waals surface area contributed by atoms with Gasteiger partial charge in [0.05, 0.1) is 11.8 Å². The van der Waals surface area contributed by atoms with E-state index in [1.54, 1.807) is 6.92 Å². The average molecular weight is 299 g/mol. The number of nitrogens with zero attached hydrogens (tertiary/aromatic N) is 2. The third-order valence-corrected chi connectivity index (χ3v) is 5.47. The molecule has 3 N–H and O–H groups in total. The number of hydrogen-bond acceptors (Lipinski definition) is 4. The maximum Gasteiger partial charge on any atom is 0.215 e. The number of rotatable bonds is 6. The van der Waals surface area contributed by atoms with E-state index in [9.17, 15) is 8.42 Å². The largest absolute Gasteiger partial charge is 0.409 e. The molecule has 112 valence electrons. The lowest BCUT2D eigenvalue weighted by molar-refractivity contribution is 0.311. The van der Waals surface area contributed by atoms with Crippen LogP contribution in [-0.4, -0.2) is 42.6 Å². The highest BCUT2D eigenvalue weighted by molar-refractivity contribution is 7.89. The average Bonchev–Trinajstić information content (AvgIpc) is 2.45. The Morgan fingerprint density at radius 2 is 1.90 bits per heavy atom. The molecule has 2 atom stereocenters. The molecular formula is C13H21N3O3S. The van der Waals surface area contributed by atoms with Crippen molar-refractivity contribution in [3.63, 3.8) is 0 Å². The minimum absolute atomic E-state index is 0.0312. The van der Waals surface area contributed by atoms with Crippen molar-refractivity contribution in [3.05, 3.63) is 35.9 Å². The Bertz CT molecular complexity index is 557. The Kier molecular flexibility index (Phi) is 5.52. The van der Waals surface area contributed by atoms with Gasteiger partial charge in [-0.05, 0) is 18.4 Å². The molecule has 0 heterocycles. The molecule has 0 saturated heterocycles. The van der Waals surface area contributed by atoms with E-state index < -0.39 is 16.1 Å². The SMILES string of the molecule is CC(CS(=O)(=O)N(C)C(C)/C(N)=N/O)c1ccccc1. The molecule has 1 aromatic carbocycles. The molecule has 0 aliphatic rings. The van der Waals surface area contributed by atoms with E-state index in [-0.39, 0.29) is 17.5 Å². The van der Waals surface area contributed by atoms with E-state index in [4.69, 9.17) is 10.9 Å². The first-order chi connectivity index (χ1) is 9.29. The summed E-state index contributed by atoms with van der Waals surface area (Å²) in [5.74, 6) is -0.303. The topological polar surface area (TPSA) is 96.0 Å². The summed E-state index contributed by atoms with van der Waals surface area (Å²) in [6.45, 7) is 3.43. The first-order valence-corrected chi connectivity index (χ1v) is 7.88. The second kappa shape index (κ2) is 6.71. The quantitative estimate of drug-likeness (QED) is 0.357. The van der Waals surface area contributed by atoms with Gasteiger partial charge in [0.1, 0.15) is 0 Å². The molecule has 0 aliphatic carbocycles. The van der Waals surface area contributed by atoms with Crippen LogP contribution < -0.4 is 5.73 Å². The van der Waals surface area contributed by atoms with Gasteiger partial charge in [0.15, 0.2) is 5.84 Å². The van der Waals surface area contributed by atoms with Crippen LogP contribution in [0.4, 0.5) is 0 Å². The van der Waals surface area contributed by atoms with Crippen molar-refractivity contribution < 1.29 is 13.6 Å². The van der Waals surface area contributed by atoms with E-state index in [1.807, 2.05) is 37.3 Å². The van der Waals surface area contributed by atoms with Crippen LogP contribution in [0.25, 0.3) is 0 Å². The maximum atomic E-state index is 12.3. The van der Waals surface area contributed by atoms with Crippen LogP contribution in [0, 0.1) is 0 Å². The molecular weight excluding hydrogens is 278 g/mol. The third kappa shape index (κ3) is 3.94. The number of amidine groups is 1. The summed E-state index contributed by atoms with van der Waals surface area (Å²) in [4.78, 5) is 0. The minimum atomic E-state index is -3.50. The van der Waals surface area contributed by atoms with Crippen molar-refractivity contribution in [3.8, 4) is 0 Å². The lowest BCUT2D eigenvalue weighted by atomic mass is 10.0. The highest BCUT2D eigenvalue weighted by Crippen LogP contribution is 2.19.